The number of aromatic nitrogens is 2. The number of rotatable bonds is 1. The average molecular weight is 348 g/mol. The van der Waals surface area contributed by atoms with E-state index in [1.54, 1.807) is 23.5 Å². The second kappa shape index (κ2) is 5.00. The molecule has 5 heteroatoms. The highest BCUT2D eigenvalue weighted by atomic mass is 79.9. The van der Waals surface area contributed by atoms with Crippen LogP contribution >= 0.6 is 11.3 Å². The normalized spacial score (nSPS) is 10.8. The summed E-state index contributed by atoms with van der Waals surface area (Å²) in [5.74, 6) is -0.227. The summed E-state index contributed by atoms with van der Waals surface area (Å²) in [5.41, 5.74) is 2.96. The van der Waals surface area contributed by atoms with Gasteiger partial charge in [-0.3, -0.25) is 4.40 Å². The lowest BCUT2D eigenvalue weighted by atomic mass is 10.2. The molecule has 0 radical (unpaired) electrons. The third kappa shape index (κ3) is 2.03. The van der Waals surface area contributed by atoms with Gasteiger partial charge in [0.15, 0.2) is 4.96 Å². The molecule has 0 bridgehead atoms. The van der Waals surface area contributed by atoms with Crippen LogP contribution in [0.15, 0.2) is 54.7 Å². The van der Waals surface area contributed by atoms with E-state index in [-0.39, 0.29) is 22.8 Å². The van der Waals surface area contributed by atoms with Crippen molar-refractivity contribution in [1.82, 2.24) is 9.38 Å². The van der Waals surface area contributed by atoms with Crippen molar-refractivity contribution in [3.63, 3.8) is 0 Å². The van der Waals surface area contributed by atoms with Gasteiger partial charge in [0.1, 0.15) is 5.82 Å². The number of benzene rings is 2. The molecule has 0 saturated heterocycles. The molecule has 0 saturated carbocycles. The molecule has 2 heterocycles. The molecule has 100 valence electrons. The Balaban J connectivity index is 0.00000121. The number of fused-ring (bicyclic) bond motifs is 3. The minimum atomic E-state index is -0.227. The van der Waals surface area contributed by atoms with E-state index in [0.29, 0.717) is 0 Å². The molecule has 0 unspecified atom stereocenters. The first-order valence-electron chi connectivity index (χ1n) is 5.94. The minimum Gasteiger partial charge on any atom is -1.00 e. The van der Waals surface area contributed by atoms with Crippen LogP contribution in [0.3, 0.4) is 0 Å². The van der Waals surface area contributed by atoms with Crippen molar-refractivity contribution in [2.24, 2.45) is 0 Å². The summed E-state index contributed by atoms with van der Waals surface area (Å²) in [6.45, 7) is 0. The molecular formula is C15H9BrFN2S-. The second-order valence-electron chi connectivity index (χ2n) is 4.36. The van der Waals surface area contributed by atoms with Crippen LogP contribution in [0.25, 0.3) is 26.4 Å². The average Bonchev–Trinajstić information content (AvgIpc) is 2.97. The van der Waals surface area contributed by atoms with E-state index in [4.69, 9.17) is 0 Å². The SMILES string of the molecule is Fc1ccc(-c2cn3c(n2)sc2ccccc23)cc1.[Br-]. The Morgan fingerprint density at radius 2 is 1.75 bits per heavy atom. The van der Waals surface area contributed by atoms with E-state index >= 15 is 0 Å². The predicted molar refractivity (Wildman–Crippen MR) is 76.0 cm³/mol. The molecule has 0 N–H and O–H groups in total. The summed E-state index contributed by atoms with van der Waals surface area (Å²) < 4.78 is 16.2. The standard InChI is InChI=1S/C15H9FN2S.BrH/c16-11-7-5-10(6-8-11)12-9-18-13-3-1-2-4-14(13)19-15(18)17-12;/h1-9H;1H/p-1. The van der Waals surface area contributed by atoms with Gasteiger partial charge in [0.2, 0.25) is 0 Å². The molecule has 20 heavy (non-hydrogen) atoms. The lowest BCUT2D eigenvalue weighted by molar-refractivity contribution is -0.00000427. The van der Waals surface area contributed by atoms with Gasteiger partial charge >= 0.3 is 0 Å². The number of imidazole rings is 1. The van der Waals surface area contributed by atoms with Crippen LogP contribution in [-0.2, 0) is 0 Å². The number of para-hydroxylation sites is 1. The molecule has 0 aliphatic carbocycles. The Hall–Kier alpha value is -1.72. The zero-order valence-electron chi connectivity index (χ0n) is 10.3. The second-order valence-corrected chi connectivity index (χ2v) is 5.36. The zero-order valence-corrected chi connectivity index (χ0v) is 12.7. The Morgan fingerprint density at radius 3 is 2.55 bits per heavy atom. The fourth-order valence-corrected chi connectivity index (χ4v) is 3.22. The van der Waals surface area contributed by atoms with Crippen LogP contribution in [0.5, 0.6) is 0 Å². The van der Waals surface area contributed by atoms with Gasteiger partial charge in [-0.05, 0) is 36.4 Å². The molecule has 2 nitrogen and oxygen atoms in total. The van der Waals surface area contributed by atoms with Crippen molar-refractivity contribution >= 4 is 26.5 Å². The maximum atomic E-state index is 12.9. The van der Waals surface area contributed by atoms with Crippen LogP contribution in [0.1, 0.15) is 0 Å². The first-order chi connectivity index (χ1) is 9.31. The molecule has 4 rings (SSSR count). The summed E-state index contributed by atoms with van der Waals surface area (Å²) in [4.78, 5) is 5.57. The quantitative estimate of drug-likeness (QED) is 0.508. The largest absolute Gasteiger partial charge is 1.00 e. The van der Waals surface area contributed by atoms with Crippen LogP contribution in [0, 0.1) is 5.82 Å². The van der Waals surface area contributed by atoms with E-state index in [2.05, 4.69) is 21.5 Å². The van der Waals surface area contributed by atoms with Crippen LogP contribution in [0.4, 0.5) is 4.39 Å². The maximum absolute atomic E-state index is 12.9. The van der Waals surface area contributed by atoms with Crippen molar-refractivity contribution in [3.8, 4) is 11.3 Å². The summed E-state index contributed by atoms with van der Waals surface area (Å²) in [7, 11) is 0. The Kier molecular flexibility index (Phi) is 3.31. The van der Waals surface area contributed by atoms with E-state index < -0.39 is 0 Å². The molecule has 2 aromatic carbocycles. The predicted octanol–water partition coefficient (Wildman–Crippen LogP) is 1.36. The Morgan fingerprint density at radius 1 is 1.00 bits per heavy atom. The smallest absolute Gasteiger partial charge is 0.195 e. The highest BCUT2D eigenvalue weighted by Gasteiger charge is 2.09. The fourth-order valence-electron chi connectivity index (χ4n) is 2.21. The van der Waals surface area contributed by atoms with Crippen molar-refractivity contribution in [1.29, 1.82) is 0 Å². The van der Waals surface area contributed by atoms with Gasteiger partial charge in [0, 0.05) is 11.8 Å². The summed E-state index contributed by atoms with van der Waals surface area (Å²) in [6.07, 6.45) is 2.00. The fraction of sp³-hybridized carbons (Fsp3) is 0. The first kappa shape index (κ1) is 13.3. The number of hydrogen-bond donors (Lipinski definition) is 0. The van der Waals surface area contributed by atoms with E-state index in [1.165, 1.54) is 16.8 Å². The monoisotopic (exact) mass is 347 g/mol. The van der Waals surface area contributed by atoms with Crippen molar-refractivity contribution in [2.45, 2.75) is 0 Å². The van der Waals surface area contributed by atoms with Gasteiger partial charge in [-0.1, -0.05) is 23.5 Å². The highest BCUT2D eigenvalue weighted by molar-refractivity contribution is 7.23. The Bertz CT molecular complexity index is 880. The summed E-state index contributed by atoms with van der Waals surface area (Å²) in [5, 5.41) is 0. The highest BCUT2D eigenvalue weighted by Crippen LogP contribution is 2.29. The van der Waals surface area contributed by atoms with Crippen LogP contribution in [0.2, 0.25) is 0 Å². The summed E-state index contributed by atoms with van der Waals surface area (Å²) in [6, 6.07) is 14.6. The van der Waals surface area contributed by atoms with E-state index in [9.17, 15) is 4.39 Å². The zero-order chi connectivity index (χ0) is 12.8. The lowest BCUT2D eigenvalue weighted by Gasteiger charge is -1.95. The molecule has 0 fully saturated rings. The first-order valence-corrected chi connectivity index (χ1v) is 6.75. The van der Waals surface area contributed by atoms with Crippen LogP contribution in [-0.4, -0.2) is 9.38 Å². The molecule has 0 spiro atoms. The van der Waals surface area contributed by atoms with E-state index in [0.717, 1.165) is 21.7 Å². The molecule has 0 aliphatic heterocycles. The van der Waals surface area contributed by atoms with Crippen molar-refractivity contribution < 1.29 is 21.4 Å². The molecule has 0 amide bonds. The third-order valence-electron chi connectivity index (χ3n) is 3.14. The minimum absolute atomic E-state index is 0. The Labute approximate surface area is 129 Å². The third-order valence-corrected chi connectivity index (χ3v) is 4.18. The topological polar surface area (TPSA) is 17.3 Å². The van der Waals surface area contributed by atoms with Crippen molar-refractivity contribution in [3.05, 3.63) is 60.5 Å². The lowest BCUT2D eigenvalue weighted by Crippen LogP contribution is -3.00. The maximum Gasteiger partial charge on any atom is 0.195 e. The number of nitrogens with zero attached hydrogens (tertiary/aromatic N) is 2. The van der Waals surface area contributed by atoms with Gasteiger partial charge < -0.3 is 17.0 Å². The number of hydrogen-bond acceptors (Lipinski definition) is 2. The van der Waals surface area contributed by atoms with Gasteiger partial charge in [0.25, 0.3) is 0 Å². The molecule has 0 atom stereocenters. The molecule has 0 aliphatic rings. The van der Waals surface area contributed by atoms with Crippen molar-refractivity contribution in [2.75, 3.05) is 0 Å². The summed E-state index contributed by atoms with van der Waals surface area (Å²) >= 11 is 1.66. The number of halogens is 2. The van der Waals surface area contributed by atoms with Gasteiger partial charge in [-0.15, -0.1) is 0 Å². The van der Waals surface area contributed by atoms with Crippen LogP contribution < -0.4 is 17.0 Å². The molecule has 2 aromatic heterocycles. The van der Waals surface area contributed by atoms with Gasteiger partial charge in [-0.2, -0.15) is 0 Å². The van der Waals surface area contributed by atoms with E-state index in [1.807, 2.05) is 18.3 Å². The number of thiazole rings is 1. The van der Waals surface area contributed by atoms with Gasteiger partial charge in [-0.25, -0.2) is 9.37 Å². The van der Waals surface area contributed by atoms with Gasteiger partial charge in [0.05, 0.1) is 15.9 Å². The molecule has 4 aromatic rings. The molecular weight excluding hydrogens is 339 g/mol.